The van der Waals surface area contributed by atoms with Crippen LogP contribution in [0, 0.1) is 10.1 Å². The molecule has 1 atom stereocenters. The van der Waals surface area contributed by atoms with Crippen LogP contribution in [0.1, 0.15) is 13.3 Å². The number of nitrogens with one attached hydrogen (secondary N) is 1. The number of carbonyl (C=O) groups is 1. The minimum atomic E-state index is -0.892. The number of benzene rings is 1. The van der Waals surface area contributed by atoms with Crippen molar-refractivity contribution in [3.05, 3.63) is 28.3 Å². The molecule has 22 heavy (non-hydrogen) atoms. The molecule has 1 aromatic rings. The molecule has 0 aliphatic heterocycles. The van der Waals surface area contributed by atoms with Gasteiger partial charge in [0.05, 0.1) is 12.8 Å². The molecular weight excluding hydrogens is 294 g/mol. The summed E-state index contributed by atoms with van der Waals surface area (Å²) in [4.78, 5) is 25.9. The minimum Gasteiger partial charge on any atom is -0.495 e. The zero-order chi connectivity index (χ0) is 16.5. The largest absolute Gasteiger partial charge is 0.495 e. The van der Waals surface area contributed by atoms with Gasteiger partial charge in [0, 0.05) is 18.5 Å². The molecule has 0 fully saturated rings. The van der Waals surface area contributed by atoms with E-state index in [0.29, 0.717) is 17.2 Å². The third-order valence-corrected chi connectivity index (χ3v) is 2.50. The predicted molar refractivity (Wildman–Crippen MR) is 78.3 cm³/mol. The number of hydrogen-bond acceptors (Lipinski definition) is 7. The molecule has 0 saturated heterocycles. The topological polar surface area (TPSA) is 126 Å². The monoisotopic (exact) mass is 313 g/mol. The molecular formula is C13H19N3O6. The van der Waals surface area contributed by atoms with Gasteiger partial charge in [-0.1, -0.05) is 0 Å². The van der Waals surface area contributed by atoms with E-state index in [2.05, 4.69) is 10.2 Å². The lowest BCUT2D eigenvalue weighted by atomic mass is 10.2. The number of methoxy groups -OCH3 is 1. The van der Waals surface area contributed by atoms with Crippen molar-refractivity contribution in [2.24, 2.45) is 5.73 Å². The Morgan fingerprint density at radius 3 is 2.77 bits per heavy atom. The number of amides is 1. The van der Waals surface area contributed by atoms with Crippen molar-refractivity contribution >= 4 is 11.6 Å². The molecule has 0 aromatic heterocycles. The standard InChI is InChI=1S/C13H19N3O6/c1-9(14)7-13(17)15-11-8-10(3-4-12(11)20-2)21-5-6-22-16(18)19/h3-4,8-9H,5-7,14H2,1-2H3,(H,15,17). The summed E-state index contributed by atoms with van der Waals surface area (Å²) < 4.78 is 10.4. The van der Waals surface area contributed by atoms with Gasteiger partial charge in [-0.05, 0) is 19.1 Å². The molecule has 1 unspecified atom stereocenters. The van der Waals surface area contributed by atoms with Gasteiger partial charge in [-0.25, -0.2) is 0 Å². The molecule has 9 nitrogen and oxygen atoms in total. The maximum atomic E-state index is 11.8. The first-order valence-corrected chi connectivity index (χ1v) is 6.56. The van der Waals surface area contributed by atoms with Crippen molar-refractivity contribution in [2.45, 2.75) is 19.4 Å². The maximum Gasteiger partial charge on any atom is 0.294 e. The van der Waals surface area contributed by atoms with Crippen LogP contribution in [-0.4, -0.2) is 37.4 Å². The van der Waals surface area contributed by atoms with E-state index in [1.807, 2.05) is 0 Å². The molecule has 1 rings (SSSR count). The van der Waals surface area contributed by atoms with E-state index in [9.17, 15) is 14.9 Å². The lowest BCUT2D eigenvalue weighted by Crippen LogP contribution is -2.24. The van der Waals surface area contributed by atoms with Crippen LogP contribution in [-0.2, 0) is 9.63 Å². The second-order valence-corrected chi connectivity index (χ2v) is 4.50. The average Bonchev–Trinajstić information content (AvgIpc) is 2.42. The van der Waals surface area contributed by atoms with E-state index in [1.54, 1.807) is 25.1 Å². The Morgan fingerprint density at radius 1 is 1.45 bits per heavy atom. The summed E-state index contributed by atoms with van der Waals surface area (Å²) in [6, 6.07) is 4.53. The van der Waals surface area contributed by atoms with Crippen LogP contribution < -0.4 is 20.5 Å². The van der Waals surface area contributed by atoms with E-state index >= 15 is 0 Å². The summed E-state index contributed by atoms with van der Waals surface area (Å²) >= 11 is 0. The number of anilines is 1. The Balaban J connectivity index is 2.67. The van der Waals surface area contributed by atoms with E-state index in [1.165, 1.54) is 7.11 Å². The summed E-state index contributed by atoms with van der Waals surface area (Å²) in [7, 11) is 1.47. The van der Waals surface area contributed by atoms with Gasteiger partial charge in [0.15, 0.2) is 0 Å². The molecule has 1 aromatic carbocycles. The zero-order valence-corrected chi connectivity index (χ0v) is 12.4. The Labute approximate surface area is 127 Å². The summed E-state index contributed by atoms with van der Waals surface area (Å²) in [5, 5.41) is 11.8. The number of nitrogens with two attached hydrogens (primary N) is 1. The first-order chi connectivity index (χ1) is 10.4. The number of carbonyl (C=O) groups excluding carboxylic acids is 1. The van der Waals surface area contributed by atoms with Gasteiger partial charge in [0.25, 0.3) is 5.09 Å². The van der Waals surface area contributed by atoms with Crippen LogP contribution >= 0.6 is 0 Å². The smallest absolute Gasteiger partial charge is 0.294 e. The van der Waals surface area contributed by atoms with Crippen LogP contribution in [0.25, 0.3) is 0 Å². The fraction of sp³-hybridized carbons (Fsp3) is 0.462. The third kappa shape index (κ3) is 6.27. The van der Waals surface area contributed by atoms with Crippen molar-refractivity contribution in [2.75, 3.05) is 25.6 Å². The quantitative estimate of drug-likeness (QED) is 0.395. The molecule has 0 bridgehead atoms. The number of nitrogens with zero attached hydrogens (tertiary/aromatic N) is 1. The van der Waals surface area contributed by atoms with Crippen molar-refractivity contribution in [1.29, 1.82) is 0 Å². The molecule has 9 heteroatoms. The van der Waals surface area contributed by atoms with E-state index in [4.69, 9.17) is 15.2 Å². The van der Waals surface area contributed by atoms with Gasteiger partial charge in [0.1, 0.15) is 24.7 Å². The molecule has 0 heterocycles. The van der Waals surface area contributed by atoms with E-state index in [-0.39, 0.29) is 31.6 Å². The molecule has 3 N–H and O–H groups in total. The SMILES string of the molecule is COc1ccc(OCCO[N+](=O)[O-])cc1NC(=O)CC(C)N. The lowest BCUT2D eigenvalue weighted by Gasteiger charge is -2.13. The van der Waals surface area contributed by atoms with Crippen LogP contribution in [0.15, 0.2) is 18.2 Å². The first-order valence-electron chi connectivity index (χ1n) is 6.56. The molecule has 0 saturated carbocycles. The van der Waals surface area contributed by atoms with Gasteiger partial charge >= 0.3 is 0 Å². The van der Waals surface area contributed by atoms with E-state index < -0.39 is 5.09 Å². The first kappa shape index (κ1) is 17.5. The summed E-state index contributed by atoms with van der Waals surface area (Å²) in [6.45, 7) is 1.54. The summed E-state index contributed by atoms with van der Waals surface area (Å²) in [6.07, 6.45) is 0.172. The van der Waals surface area contributed by atoms with Gasteiger partial charge in [0.2, 0.25) is 5.91 Å². The molecule has 122 valence electrons. The zero-order valence-electron chi connectivity index (χ0n) is 12.4. The Kier molecular flexibility index (Phi) is 6.90. The fourth-order valence-corrected chi connectivity index (χ4v) is 1.64. The summed E-state index contributed by atoms with van der Waals surface area (Å²) in [5.41, 5.74) is 6.00. The average molecular weight is 313 g/mol. The van der Waals surface area contributed by atoms with Crippen LogP contribution in [0.4, 0.5) is 5.69 Å². The summed E-state index contributed by atoms with van der Waals surface area (Å²) in [5.74, 6) is 0.637. The molecule has 1 amide bonds. The highest BCUT2D eigenvalue weighted by atomic mass is 17.0. The highest BCUT2D eigenvalue weighted by molar-refractivity contribution is 5.92. The molecule has 0 radical (unpaired) electrons. The van der Waals surface area contributed by atoms with Crippen molar-refractivity contribution in [3.63, 3.8) is 0 Å². The Morgan fingerprint density at radius 2 is 2.18 bits per heavy atom. The van der Waals surface area contributed by atoms with E-state index in [0.717, 1.165) is 0 Å². The third-order valence-electron chi connectivity index (χ3n) is 2.50. The normalized spacial score (nSPS) is 11.4. The maximum absolute atomic E-state index is 11.8. The highest BCUT2D eigenvalue weighted by Crippen LogP contribution is 2.29. The van der Waals surface area contributed by atoms with Gasteiger partial charge in [-0.15, -0.1) is 10.1 Å². The predicted octanol–water partition coefficient (Wildman–Crippen LogP) is 0.958. The fourth-order valence-electron chi connectivity index (χ4n) is 1.64. The molecule has 0 aliphatic rings. The van der Waals surface area contributed by atoms with Gasteiger partial charge in [-0.3, -0.25) is 4.79 Å². The van der Waals surface area contributed by atoms with Crippen LogP contribution in [0.2, 0.25) is 0 Å². The van der Waals surface area contributed by atoms with Crippen molar-refractivity contribution < 1.29 is 24.2 Å². The Bertz CT molecular complexity index is 520. The van der Waals surface area contributed by atoms with Crippen molar-refractivity contribution in [3.8, 4) is 11.5 Å². The highest BCUT2D eigenvalue weighted by Gasteiger charge is 2.11. The Hall–Kier alpha value is -2.55. The lowest BCUT2D eigenvalue weighted by molar-refractivity contribution is -0.757. The molecule has 0 aliphatic carbocycles. The number of ether oxygens (including phenoxy) is 2. The second-order valence-electron chi connectivity index (χ2n) is 4.50. The van der Waals surface area contributed by atoms with Crippen molar-refractivity contribution in [1.82, 2.24) is 0 Å². The minimum absolute atomic E-state index is 0.000525. The number of hydrogen-bond donors (Lipinski definition) is 2. The van der Waals surface area contributed by atoms with Crippen LogP contribution in [0.3, 0.4) is 0 Å². The van der Waals surface area contributed by atoms with Crippen LogP contribution in [0.5, 0.6) is 11.5 Å². The molecule has 0 spiro atoms. The number of rotatable bonds is 9. The van der Waals surface area contributed by atoms with Gasteiger partial charge < -0.3 is 25.4 Å². The second kappa shape index (κ2) is 8.67. The van der Waals surface area contributed by atoms with Gasteiger partial charge in [-0.2, -0.15) is 0 Å².